The number of halogens is 2. The fourth-order valence-corrected chi connectivity index (χ4v) is 3.60. The molecule has 1 nitrogen and oxygen atoms in total. The van der Waals surface area contributed by atoms with Crippen molar-refractivity contribution < 1.29 is 4.39 Å². The molecule has 0 bridgehead atoms. The molecule has 1 unspecified atom stereocenters. The fraction of sp³-hybridized carbons (Fsp3) is 0.333. The lowest BCUT2D eigenvalue weighted by atomic mass is 10.0. The molecule has 2 rings (SSSR count). The quantitative estimate of drug-likeness (QED) is 0.819. The Morgan fingerprint density at radius 2 is 2.16 bits per heavy atom. The van der Waals surface area contributed by atoms with Crippen LogP contribution in [0.15, 0.2) is 34.1 Å². The molecule has 0 amide bonds. The van der Waals surface area contributed by atoms with Crippen molar-refractivity contribution in [3.8, 4) is 0 Å². The van der Waals surface area contributed by atoms with Crippen LogP contribution in [0.2, 0.25) is 0 Å². The smallest absolute Gasteiger partial charge is 0.126 e. The molecule has 2 aromatic rings. The van der Waals surface area contributed by atoms with E-state index in [-0.39, 0.29) is 11.9 Å². The number of hydrogen-bond donors (Lipinski definition) is 1. The largest absolute Gasteiger partial charge is 0.310 e. The second kappa shape index (κ2) is 6.64. The van der Waals surface area contributed by atoms with Gasteiger partial charge in [0, 0.05) is 21.8 Å². The Kier molecular flexibility index (Phi) is 5.13. The van der Waals surface area contributed by atoms with Crippen molar-refractivity contribution in [1.82, 2.24) is 5.32 Å². The highest BCUT2D eigenvalue weighted by molar-refractivity contribution is 9.10. The number of nitrogens with one attached hydrogen (secondary N) is 1. The van der Waals surface area contributed by atoms with E-state index >= 15 is 0 Å². The molecule has 0 spiro atoms. The van der Waals surface area contributed by atoms with E-state index in [1.807, 2.05) is 12.1 Å². The van der Waals surface area contributed by atoms with Crippen molar-refractivity contribution in [3.05, 3.63) is 55.9 Å². The number of thiophene rings is 1. The van der Waals surface area contributed by atoms with Crippen LogP contribution in [0.5, 0.6) is 0 Å². The highest BCUT2D eigenvalue weighted by Gasteiger charge is 2.15. The Balaban J connectivity index is 2.24. The topological polar surface area (TPSA) is 12.0 Å². The first kappa shape index (κ1) is 14.7. The van der Waals surface area contributed by atoms with E-state index in [0.29, 0.717) is 5.56 Å². The molecule has 0 radical (unpaired) electrons. The molecular formula is C15H17BrFNS. The fourth-order valence-electron chi connectivity index (χ4n) is 2.04. The van der Waals surface area contributed by atoms with Crippen molar-refractivity contribution in [1.29, 1.82) is 0 Å². The minimum absolute atomic E-state index is 0.134. The monoisotopic (exact) mass is 341 g/mol. The first-order chi connectivity index (χ1) is 9.11. The van der Waals surface area contributed by atoms with Crippen LogP contribution >= 0.6 is 27.3 Å². The molecule has 1 aromatic carbocycles. The summed E-state index contributed by atoms with van der Waals surface area (Å²) in [6, 6.07) is 7.70. The third kappa shape index (κ3) is 3.65. The number of likely N-dealkylation sites (N-methyl/N-ethyl adjacent to an activating group) is 1. The molecule has 102 valence electrons. The number of aryl methyl sites for hydroxylation is 1. The Labute approximate surface area is 126 Å². The normalized spacial score (nSPS) is 12.6. The lowest BCUT2D eigenvalue weighted by molar-refractivity contribution is 0.544. The minimum Gasteiger partial charge on any atom is -0.310 e. The molecule has 0 saturated heterocycles. The van der Waals surface area contributed by atoms with E-state index in [1.54, 1.807) is 24.3 Å². The van der Waals surface area contributed by atoms with E-state index in [2.05, 4.69) is 39.6 Å². The van der Waals surface area contributed by atoms with E-state index in [4.69, 9.17) is 0 Å². The first-order valence-electron chi connectivity index (χ1n) is 6.33. The molecule has 4 heteroatoms. The average molecular weight is 342 g/mol. The second-order valence-electron chi connectivity index (χ2n) is 4.51. The number of hydrogen-bond acceptors (Lipinski definition) is 2. The van der Waals surface area contributed by atoms with Gasteiger partial charge < -0.3 is 5.32 Å². The van der Waals surface area contributed by atoms with Gasteiger partial charge >= 0.3 is 0 Å². The second-order valence-corrected chi connectivity index (χ2v) is 6.37. The third-order valence-corrected chi connectivity index (χ3v) is 5.08. The third-order valence-electron chi connectivity index (χ3n) is 3.13. The zero-order chi connectivity index (χ0) is 13.8. The van der Waals surface area contributed by atoms with Crippen LogP contribution in [-0.4, -0.2) is 6.54 Å². The Hall–Kier alpha value is -0.710. The van der Waals surface area contributed by atoms with Gasteiger partial charge in [-0.1, -0.05) is 19.1 Å². The summed E-state index contributed by atoms with van der Waals surface area (Å²) >= 11 is 5.28. The predicted molar refractivity (Wildman–Crippen MR) is 83.3 cm³/mol. The summed E-state index contributed by atoms with van der Waals surface area (Å²) < 4.78 is 14.8. The Morgan fingerprint density at radius 3 is 2.74 bits per heavy atom. The van der Waals surface area contributed by atoms with Crippen molar-refractivity contribution in [2.24, 2.45) is 0 Å². The molecule has 0 aliphatic heterocycles. The van der Waals surface area contributed by atoms with Crippen LogP contribution < -0.4 is 5.32 Å². The molecule has 0 aliphatic rings. The van der Waals surface area contributed by atoms with Gasteiger partial charge in [-0.2, -0.15) is 0 Å². The minimum atomic E-state index is -0.134. The van der Waals surface area contributed by atoms with E-state index in [0.717, 1.165) is 23.0 Å². The van der Waals surface area contributed by atoms with Crippen molar-refractivity contribution in [2.75, 3.05) is 6.54 Å². The molecular weight excluding hydrogens is 325 g/mol. The molecule has 1 N–H and O–H groups in total. The summed E-state index contributed by atoms with van der Waals surface area (Å²) in [7, 11) is 0. The van der Waals surface area contributed by atoms with Gasteiger partial charge in [0.2, 0.25) is 0 Å². The maximum Gasteiger partial charge on any atom is 0.126 e. The highest BCUT2D eigenvalue weighted by Crippen LogP contribution is 2.28. The van der Waals surface area contributed by atoms with Crippen LogP contribution in [0, 0.1) is 12.7 Å². The Bertz CT molecular complexity index is 553. The van der Waals surface area contributed by atoms with Gasteiger partial charge in [0.15, 0.2) is 0 Å². The van der Waals surface area contributed by atoms with Crippen LogP contribution in [-0.2, 0) is 6.42 Å². The van der Waals surface area contributed by atoms with Gasteiger partial charge in [-0.15, -0.1) is 11.3 Å². The van der Waals surface area contributed by atoms with Crippen LogP contribution in [0.4, 0.5) is 4.39 Å². The predicted octanol–water partition coefficient (Wildman–Crippen LogP) is 4.85. The molecule has 1 atom stereocenters. The lowest BCUT2D eigenvalue weighted by Gasteiger charge is -2.18. The van der Waals surface area contributed by atoms with E-state index < -0.39 is 0 Å². The summed E-state index contributed by atoms with van der Waals surface area (Å²) in [6.45, 7) is 4.72. The molecule has 19 heavy (non-hydrogen) atoms. The maximum atomic E-state index is 13.7. The van der Waals surface area contributed by atoms with Crippen molar-refractivity contribution in [2.45, 2.75) is 26.3 Å². The SMILES string of the molecule is CCNC(Cc1sccc1Br)c1ccc(C)c(F)c1. The summed E-state index contributed by atoms with van der Waals surface area (Å²) in [5.41, 5.74) is 1.70. The zero-order valence-corrected chi connectivity index (χ0v) is 13.4. The van der Waals surface area contributed by atoms with Gasteiger partial charge in [0.25, 0.3) is 0 Å². The van der Waals surface area contributed by atoms with Gasteiger partial charge in [-0.3, -0.25) is 0 Å². The molecule has 0 saturated carbocycles. The van der Waals surface area contributed by atoms with Gasteiger partial charge in [-0.25, -0.2) is 4.39 Å². The van der Waals surface area contributed by atoms with Gasteiger partial charge in [-0.05, 0) is 58.0 Å². The van der Waals surface area contributed by atoms with E-state index in [9.17, 15) is 4.39 Å². The first-order valence-corrected chi connectivity index (χ1v) is 8.00. The number of rotatable bonds is 5. The summed E-state index contributed by atoms with van der Waals surface area (Å²) in [5.74, 6) is -0.134. The standard InChI is InChI=1S/C15H17BrFNS/c1-3-18-14(9-15-12(16)6-7-19-15)11-5-4-10(2)13(17)8-11/h4-8,14,18H,3,9H2,1-2H3. The van der Waals surface area contributed by atoms with Gasteiger partial charge in [0.1, 0.15) is 5.82 Å². The average Bonchev–Trinajstić information content (AvgIpc) is 2.78. The van der Waals surface area contributed by atoms with Crippen LogP contribution in [0.1, 0.15) is 29.0 Å². The van der Waals surface area contributed by atoms with E-state index in [1.165, 1.54) is 4.88 Å². The van der Waals surface area contributed by atoms with Crippen LogP contribution in [0.3, 0.4) is 0 Å². The highest BCUT2D eigenvalue weighted by atomic mass is 79.9. The summed E-state index contributed by atoms with van der Waals surface area (Å²) in [6.07, 6.45) is 0.870. The Morgan fingerprint density at radius 1 is 1.37 bits per heavy atom. The van der Waals surface area contributed by atoms with Crippen molar-refractivity contribution in [3.63, 3.8) is 0 Å². The lowest BCUT2D eigenvalue weighted by Crippen LogP contribution is -2.23. The maximum absolute atomic E-state index is 13.7. The molecule has 0 aliphatic carbocycles. The van der Waals surface area contributed by atoms with Gasteiger partial charge in [0.05, 0.1) is 0 Å². The van der Waals surface area contributed by atoms with Crippen molar-refractivity contribution >= 4 is 27.3 Å². The summed E-state index contributed by atoms with van der Waals surface area (Å²) in [4.78, 5) is 1.28. The zero-order valence-electron chi connectivity index (χ0n) is 11.0. The van der Waals surface area contributed by atoms with Crippen LogP contribution in [0.25, 0.3) is 0 Å². The molecule has 1 aromatic heterocycles. The molecule has 1 heterocycles. The molecule has 0 fully saturated rings. The number of benzene rings is 1. The summed E-state index contributed by atoms with van der Waals surface area (Å²) in [5, 5.41) is 5.50.